The third-order valence-electron chi connectivity index (χ3n) is 4.00. The quantitative estimate of drug-likeness (QED) is 0.751. The van der Waals surface area contributed by atoms with Crippen LogP contribution in [0.25, 0.3) is 5.69 Å². The zero-order valence-electron chi connectivity index (χ0n) is 14.5. The molecule has 0 aliphatic rings. The highest BCUT2D eigenvalue weighted by molar-refractivity contribution is 7.92. The van der Waals surface area contributed by atoms with Gasteiger partial charge in [0.05, 0.1) is 17.6 Å². The number of aromatic nitrogens is 1. The Bertz CT molecular complexity index is 1010. The second kappa shape index (κ2) is 7.05. The average molecular weight is 369 g/mol. The SMILES string of the molecule is CN(c1ccc(-n2cccc2)cc1NC(=O)c1ccccc1)S(C)(=O)=O. The maximum Gasteiger partial charge on any atom is 0.255 e. The van der Waals surface area contributed by atoms with Crippen molar-refractivity contribution in [2.24, 2.45) is 0 Å². The number of nitrogens with one attached hydrogen (secondary N) is 1. The molecule has 0 aliphatic heterocycles. The van der Waals surface area contributed by atoms with Crippen molar-refractivity contribution in [1.29, 1.82) is 0 Å². The van der Waals surface area contributed by atoms with E-state index in [1.165, 1.54) is 7.05 Å². The summed E-state index contributed by atoms with van der Waals surface area (Å²) in [7, 11) is -2.01. The summed E-state index contributed by atoms with van der Waals surface area (Å²) < 4.78 is 26.9. The Hall–Kier alpha value is -3.06. The molecule has 1 aromatic heterocycles. The van der Waals surface area contributed by atoms with E-state index >= 15 is 0 Å². The van der Waals surface area contributed by atoms with Crippen LogP contribution in [0, 0.1) is 0 Å². The molecule has 1 amide bonds. The van der Waals surface area contributed by atoms with Crippen LogP contribution in [0.15, 0.2) is 73.1 Å². The molecule has 0 spiro atoms. The van der Waals surface area contributed by atoms with E-state index in [2.05, 4.69) is 5.32 Å². The van der Waals surface area contributed by atoms with Crippen LogP contribution in [-0.4, -0.2) is 32.2 Å². The molecule has 2 aromatic carbocycles. The van der Waals surface area contributed by atoms with Gasteiger partial charge in [-0.3, -0.25) is 9.10 Å². The first kappa shape index (κ1) is 17.8. The highest BCUT2D eigenvalue weighted by atomic mass is 32.2. The first-order chi connectivity index (χ1) is 12.4. The van der Waals surface area contributed by atoms with Crippen LogP contribution in [0.4, 0.5) is 11.4 Å². The summed E-state index contributed by atoms with van der Waals surface area (Å²) >= 11 is 0. The highest BCUT2D eigenvalue weighted by Crippen LogP contribution is 2.30. The van der Waals surface area contributed by atoms with Crippen molar-refractivity contribution in [2.75, 3.05) is 22.9 Å². The summed E-state index contributed by atoms with van der Waals surface area (Å²) in [5, 5.41) is 2.82. The van der Waals surface area contributed by atoms with Gasteiger partial charge in [-0.25, -0.2) is 8.42 Å². The standard InChI is InChI=1S/C19H19N3O3S/c1-21(26(2,24)25)18-11-10-16(22-12-6-7-13-22)14-17(18)20-19(23)15-8-4-3-5-9-15/h3-14H,1-2H3,(H,20,23). The van der Waals surface area contributed by atoms with Crippen molar-refractivity contribution in [2.45, 2.75) is 0 Å². The molecule has 3 aromatic rings. The Balaban J connectivity index is 2.04. The van der Waals surface area contributed by atoms with Gasteiger partial charge in [0.15, 0.2) is 0 Å². The van der Waals surface area contributed by atoms with E-state index in [0.717, 1.165) is 16.2 Å². The van der Waals surface area contributed by atoms with Crippen LogP contribution in [-0.2, 0) is 10.0 Å². The lowest BCUT2D eigenvalue weighted by atomic mass is 10.2. The number of sulfonamides is 1. The molecule has 1 N–H and O–H groups in total. The lowest BCUT2D eigenvalue weighted by Crippen LogP contribution is -2.26. The van der Waals surface area contributed by atoms with Crippen LogP contribution in [0.2, 0.25) is 0 Å². The van der Waals surface area contributed by atoms with Gasteiger partial charge < -0.3 is 9.88 Å². The Labute approximate surface area is 152 Å². The molecule has 1 heterocycles. The fourth-order valence-corrected chi connectivity index (χ4v) is 3.05. The number of carbonyl (C=O) groups is 1. The molecular weight excluding hydrogens is 350 g/mol. The monoisotopic (exact) mass is 369 g/mol. The van der Waals surface area contributed by atoms with Crippen molar-refractivity contribution >= 4 is 27.3 Å². The second-order valence-corrected chi connectivity index (χ2v) is 7.86. The number of hydrogen-bond acceptors (Lipinski definition) is 3. The van der Waals surface area contributed by atoms with E-state index in [9.17, 15) is 13.2 Å². The Morgan fingerprint density at radius 3 is 2.27 bits per heavy atom. The third kappa shape index (κ3) is 3.78. The fraction of sp³-hybridized carbons (Fsp3) is 0.105. The van der Waals surface area contributed by atoms with Crippen LogP contribution < -0.4 is 9.62 Å². The maximum absolute atomic E-state index is 12.6. The minimum Gasteiger partial charge on any atom is -0.324 e. The van der Waals surface area contributed by atoms with E-state index in [4.69, 9.17) is 0 Å². The number of anilines is 2. The van der Waals surface area contributed by atoms with Crippen LogP contribution in [0.3, 0.4) is 0 Å². The van der Waals surface area contributed by atoms with Gasteiger partial charge in [0.1, 0.15) is 0 Å². The molecule has 134 valence electrons. The Morgan fingerprint density at radius 2 is 1.65 bits per heavy atom. The fourth-order valence-electron chi connectivity index (χ4n) is 2.53. The molecule has 0 saturated heterocycles. The second-order valence-electron chi connectivity index (χ2n) is 5.84. The van der Waals surface area contributed by atoms with Gasteiger partial charge in [-0.1, -0.05) is 18.2 Å². The smallest absolute Gasteiger partial charge is 0.255 e. The number of carbonyl (C=O) groups excluding carboxylic acids is 1. The highest BCUT2D eigenvalue weighted by Gasteiger charge is 2.18. The lowest BCUT2D eigenvalue weighted by Gasteiger charge is -2.21. The molecule has 0 aliphatic carbocycles. The van der Waals surface area contributed by atoms with Crippen LogP contribution in [0.5, 0.6) is 0 Å². The minimum absolute atomic E-state index is 0.307. The zero-order chi connectivity index (χ0) is 18.7. The Morgan fingerprint density at radius 1 is 1.00 bits per heavy atom. The van der Waals surface area contributed by atoms with E-state index in [1.807, 2.05) is 35.2 Å². The third-order valence-corrected chi connectivity index (χ3v) is 5.20. The molecule has 0 bridgehead atoms. The van der Waals surface area contributed by atoms with E-state index < -0.39 is 10.0 Å². The summed E-state index contributed by atoms with van der Waals surface area (Å²) in [4.78, 5) is 12.6. The van der Waals surface area contributed by atoms with Gasteiger partial charge in [0.25, 0.3) is 5.91 Å². The van der Waals surface area contributed by atoms with Gasteiger partial charge in [-0.15, -0.1) is 0 Å². The zero-order valence-corrected chi connectivity index (χ0v) is 15.3. The molecule has 0 saturated carbocycles. The van der Waals surface area contributed by atoms with Gasteiger partial charge in [-0.2, -0.15) is 0 Å². The van der Waals surface area contributed by atoms with Gasteiger partial charge in [0, 0.05) is 30.7 Å². The van der Waals surface area contributed by atoms with Crippen molar-refractivity contribution < 1.29 is 13.2 Å². The number of benzene rings is 2. The Kier molecular flexibility index (Phi) is 4.81. The first-order valence-corrected chi connectivity index (χ1v) is 9.79. The predicted molar refractivity (Wildman–Crippen MR) is 103 cm³/mol. The minimum atomic E-state index is -3.47. The molecular formula is C19H19N3O3S. The summed E-state index contributed by atoms with van der Waals surface area (Å²) in [5.41, 5.74) is 2.11. The summed E-state index contributed by atoms with van der Waals surface area (Å²) in [6.07, 6.45) is 4.87. The van der Waals surface area contributed by atoms with Crippen molar-refractivity contribution in [3.05, 3.63) is 78.6 Å². The van der Waals surface area contributed by atoms with E-state index in [0.29, 0.717) is 16.9 Å². The van der Waals surface area contributed by atoms with Crippen LogP contribution in [0.1, 0.15) is 10.4 Å². The summed E-state index contributed by atoms with van der Waals surface area (Å²) in [5.74, 6) is -0.307. The largest absolute Gasteiger partial charge is 0.324 e. The van der Waals surface area contributed by atoms with E-state index in [1.54, 1.807) is 42.5 Å². The first-order valence-electron chi connectivity index (χ1n) is 7.94. The average Bonchev–Trinajstić information content (AvgIpc) is 3.16. The summed E-state index contributed by atoms with van der Waals surface area (Å²) in [6, 6.07) is 17.8. The van der Waals surface area contributed by atoms with Crippen LogP contribution >= 0.6 is 0 Å². The predicted octanol–water partition coefficient (Wildman–Crippen LogP) is 3.13. The molecule has 0 atom stereocenters. The van der Waals surface area contributed by atoms with Gasteiger partial charge in [0.2, 0.25) is 10.0 Å². The maximum atomic E-state index is 12.6. The normalized spacial score (nSPS) is 11.2. The van der Waals surface area contributed by atoms with Crippen molar-refractivity contribution in [3.8, 4) is 5.69 Å². The van der Waals surface area contributed by atoms with Gasteiger partial charge in [-0.05, 0) is 42.5 Å². The molecule has 7 heteroatoms. The number of amides is 1. The number of rotatable bonds is 5. The number of nitrogens with zero attached hydrogens (tertiary/aromatic N) is 2. The molecule has 0 radical (unpaired) electrons. The topological polar surface area (TPSA) is 71.4 Å². The summed E-state index contributed by atoms with van der Waals surface area (Å²) in [6.45, 7) is 0. The van der Waals surface area contributed by atoms with Crippen molar-refractivity contribution in [3.63, 3.8) is 0 Å². The molecule has 26 heavy (non-hydrogen) atoms. The number of hydrogen-bond donors (Lipinski definition) is 1. The van der Waals surface area contributed by atoms with E-state index in [-0.39, 0.29) is 5.91 Å². The molecule has 6 nitrogen and oxygen atoms in total. The van der Waals surface area contributed by atoms with Crippen molar-refractivity contribution in [1.82, 2.24) is 4.57 Å². The molecule has 0 unspecified atom stereocenters. The van der Waals surface area contributed by atoms with Gasteiger partial charge >= 0.3 is 0 Å². The molecule has 3 rings (SSSR count). The molecule has 0 fully saturated rings. The lowest BCUT2D eigenvalue weighted by molar-refractivity contribution is 0.102.